The molecule has 9 aromatic rings. The van der Waals surface area contributed by atoms with Gasteiger partial charge in [-0.1, -0.05) is 145 Å². The first-order chi connectivity index (χ1) is 25.7. The van der Waals surface area contributed by atoms with Crippen molar-refractivity contribution in [1.82, 2.24) is 19.5 Å². The van der Waals surface area contributed by atoms with Crippen LogP contribution in [0.1, 0.15) is 18.3 Å². The predicted molar refractivity (Wildman–Crippen MR) is 217 cm³/mol. The lowest BCUT2D eigenvalue weighted by Crippen LogP contribution is -2.03. The molecular formula is C48H32N4. The van der Waals surface area contributed by atoms with Crippen LogP contribution in [0.25, 0.3) is 83.0 Å². The number of hydrogen-bond acceptors (Lipinski definition) is 3. The van der Waals surface area contributed by atoms with Gasteiger partial charge in [-0.15, -0.1) is 6.42 Å². The molecule has 7 aromatic carbocycles. The summed E-state index contributed by atoms with van der Waals surface area (Å²) in [5.41, 5.74) is 7.64. The van der Waals surface area contributed by atoms with Crippen LogP contribution in [-0.4, -0.2) is 19.5 Å². The molecular weight excluding hydrogens is 633 g/mol. The van der Waals surface area contributed by atoms with E-state index in [9.17, 15) is 0 Å². The van der Waals surface area contributed by atoms with Gasteiger partial charge in [-0.2, -0.15) is 0 Å². The standard InChI is InChI=1S/C48H32N4/c1-3-32(34-16-7-5-8-17-34)30-33(4-2)46-49-47(37-20-9-6-10-21-37)51-48(50-46)38-22-15-23-39(31-38)52-42-28-26-35-18-11-13-24-40(35)44(42)45-41-25-14-12-19-36(41)27-29-43(45)52/h1,4-31H,2H3/b32-30+,33-4+. The molecule has 0 N–H and O–H groups in total. The van der Waals surface area contributed by atoms with E-state index >= 15 is 0 Å². The van der Waals surface area contributed by atoms with E-state index in [1.54, 1.807) is 0 Å². The molecule has 244 valence electrons. The van der Waals surface area contributed by atoms with Crippen molar-refractivity contribution in [1.29, 1.82) is 0 Å². The highest BCUT2D eigenvalue weighted by Gasteiger charge is 2.19. The van der Waals surface area contributed by atoms with Crippen molar-refractivity contribution in [2.45, 2.75) is 6.92 Å². The monoisotopic (exact) mass is 664 g/mol. The molecule has 0 saturated heterocycles. The molecule has 0 aliphatic carbocycles. The molecule has 0 unspecified atom stereocenters. The Morgan fingerprint density at radius 3 is 1.75 bits per heavy atom. The van der Waals surface area contributed by atoms with Gasteiger partial charge in [-0.3, -0.25) is 0 Å². The van der Waals surface area contributed by atoms with Crippen LogP contribution in [0.15, 0.2) is 170 Å². The number of hydrogen-bond donors (Lipinski definition) is 0. The van der Waals surface area contributed by atoms with Crippen molar-refractivity contribution in [2.24, 2.45) is 0 Å². The zero-order chi connectivity index (χ0) is 35.0. The van der Waals surface area contributed by atoms with Gasteiger partial charge in [0.2, 0.25) is 0 Å². The highest BCUT2D eigenvalue weighted by Crippen LogP contribution is 2.41. The Balaban J connectivity index is 1.26. The van der Waals surface area contributed by atoms with Gasteiger partial charge in [0.1, 0.15) is 0 Å². The second-order valence-electron chi connectivity index (χ2n) is 12.7. The smallest absolute Gasteiger partial charge is 0.164 e. The topological polar surface area (TPSA) is 43.6 Å². The molecule has 9 rings (SSSR count). The highest BCUT2D eigenvalue weighted by molar-refractivity contribution is 6.28. The van der Waals surface area contributed by atoms with E-state index in [0.29, 0.717) is 17.5 Å². The Morgan fingerprint density at radius 2 is 1.13 bits per heavy atom. The van der Waals surface area contributed by atoms with Crippen LogP contribution < -0.4 is 0 Å². The van der Waals surface area contributed by atoms with Crippen molar-refractivity contribution in [3.63, 3.8) is 0 Å². The van der Waals surface area contributed by atoms with Crippen molar-refractivity contribution < 1.29 is 0 Å². The summed E-state index contributed by atoms with van der Waals surface area (Å²) in [7, 11) is 0. The van der Waals surface area contributed by atoms with E-state index in [4.69, 9.17) is 21.4 Å². The molecule has 0 spiro atoms. The van der Waals surface area contributed by atoms with Gasteiger partial charge < -0.3 is 4.57 Å². The molecule has 52 heavy (non-hydrogen) atoms. The molecule has 0 fully saturated rings. The molecule has 0 amide bonds. The van der Waals surface area contributed by atoms with Crippen LogP contribution in [0.2, 0.25) is 0 Å². The minimum absolute atomic E-state index is 0.551. The van der Waals surface area contributed by atoms with Crippen LogP contribution >= 0.6 is 0 Å². The summed E-state index contributed by atoms with van der Waals surface area (Å²) < 4.78 is 2.37. The number of terminal acetylenes is 1. The number of benzene rings is 7. The van der Waals surface area contributed by atoms with Crippen molar-refractivity contribution in [2.75, 3.05) is 0 Å². The first-order valence-corrected chi connectivity index (χ1v) is 17.4. The summed E-state index contributed by atoms with van der Waals surface area (Å²) in [4.78, 5) is 15.1. The summed E-state index contributed by atoms with van der Waals surface area (Å²) in [6.45, 7) is 1.98. The highest BCUT2D eigenvalue weighted by atomic mass is 15.0. The van der Waals surface area contributed by atoms with Gasteiger partial charge in [-0.25, -0.2) is 15.0 Å². The minimum Gasteiger partial charge on any atom is -0.309 e. The molecule has 4 nitrogen and oxygen atoms in total. The Labute approximate surface area is 302 Å². The molecule has 0 radical (unpaired) electrons. The van der Waals surface area contributed by atoms with Gasteiger partial charge in [0.25, 0.3) is 0 Å². The zero-order valence-corrected chi connectivity index (χ0v) is 28.5. The zero-order valence-electron chi connectivity index (χ0n) is 28.5. The first-order valence-electron chi connectivity index (χ1n) is 17.4. The number of fused-ring (bicyclic) bond motifs is 7. The summed E-state index contributed by atoms with van der Waals surface area (Å²) in [5, 5.41) is 7.40. The first kappa shape index (κ1) is 30.9. The van der Waals surface area contributed by atoms with Gasteiger partial charge in [0, 0.05) is 38.7 Å². The van der Waals surface area contributed by atoms with Gasteiger partial charge >= 0.3 is 0 Å². The lowest BCUT2D eigenvalue weighted by molar-refractivity contribution is 1.04. The Kier molecular flexibility index (Phi) is 7.72. The predicted octanol–water partition coefficient (Wildman–Crippen LogP) is 11.7. The van der Waals surface area contributed by atoms with E-state index in [1.165, 1.54) is 32.3 Å². The molecule has 0 aliphatic rings. The van der Waals surface area contributed by atoms with Crippen molar-refractivity contribution >= 4 is 54.5 Å². The lowest BCUT2D eigenvalue weighted by Gasteiger charge is -2.12. The molecule has 2 aromatic heterocycles. The molecule has 0 atom stereocenters. The Bertz CT molecular complexity index is 2820. The van der Waals surface area contributed by atoms with Crippen molar-refractivity contribution in [3.8, 4) is 40.8 Å². The van der Waals surface area contributed by atoms with Gasteiger partial charge in [0.15, 0.2) is 17.5 Å². The molecule has 2 heterocycles. The third-order valence-corrected chi connectivity index (χ3v) is 9.69. The van der Waals surface area contributed by atoms with Crippen molar-refractivity contribution in [3.05, 3.63) is 181 Å². The maximum absolute atomic E-state index is 6.03. The molecule has 0 bridgehead atoms. The van der Waals surface area contributed by atoms with E-state index in [2.05, 4.69) is 108 Å². The summed E-state index contributed by atoms with van der Waals surface area (Å²) in [5.74, 6) is 4.59. The van der Waals surface area contributed by atoms with Gasteiger partial charge in [0.05, 0.1) is 11.0 Å². The minimum atomic E-state index is 0.551. The number of allylic oxidation sites excluding steroid dienone is 4. The maximum atomic E-state index is 6.03. The van der Waals surface area contributed by atoms with E-state index in [-0.39, 0.29) is 0 Å². The Morgan fingerprint density at radius 1 is 0.577 bits per heavy atom. The molecule has 0 aliphatic heterocycles. The van der Waals surface area contributed by atoms with Crippen LogP contribution in [0.4, 0.5) is 0 Å². The van der Waals surface area contributed by atoms with Crippen LogP contribution in [-0.2, 0) is 0 Å². The Hall–Kier alpha value is -7.09. The average Bonchev–Trinajstić information content (AvgIpc) is 3.57. The summed E-state index contributed by atoms with van der Waals surface area (Å²) >= 11 is 0. The summed E-state index contributed by atoms with van der Waals surface area (Å²) in [6, 6.07) is 54.7. The molecule has 4 heteroatoms. The van der Waals surface area contributed by atoms with E-state index in [1.807, 2.05) is 79.7 Å². The SMILES string of the molecule is C#C/C(=C\C(=C/C)c1nc(-c2ccccc2)nc(-c2cccc(-n3c4ccc5ccccc5c4c4c5ccccc5ccc43)c2)n1)c1ccccc1. The second kappa shape index (κ2) is 13.0. The number of aromatic nitrogens is 4. The fourth-order valence-corrected chi connectivity index (χ4v) is 7.22. The largest absolute Gasteiger partial charge is 0.309 e. The van der Waals surface area contributed by atoms with E-state index < -0.39 is 0 Å². The quantitative estimate of drug-likeness (QED) is 0.131. The fraction of sp³-hybridized carbons (Fsp3) is 0.0208. The van der Waals surface area contributed by atoms with Crippen LogP contribution in [0.5, 0.6) is 0 Å². The van der Waals surface area contributed by atoms with Crippen LogP contribution in [0.3, 0.4) is 0 Å². The normalized spacial score (nSPS) is 12.2. The average molecular weight is 665 g/mol. The second-order valence-corrected chi connectivity index (χ2v) is 12.7. The lowest BCUT2D eigenvalue weighted by atomic mass is 10.00. The van der Waals surface area contributed by atoms with E-state index in [0.717, 1.165) is 44.6 Å². The van der Waals surface area contributed by atoms with Crippen LogP contribution in [0, 0.1) is 12.3 Å². The fourth-order valence-electron chi connectivity index (χ4n) is 7.22. The third-order valence-electron chi connectivity index (χ3n) is 9.69. The third kappa shape index (κ3) is 5.33. The van der Waals surface area contributed by atoms with Gasteiger partial charge in [-0.05, 0) is 64.4 Å². The number of nitrogens with zero attached hydrogens (tertiary/aromatic N) is 4. The summed E-state index contributed by atoms with van der Waals surface area (Å²) in [6.07, 6.45) is 10.0. The maximum Gasteiger partial charge on any atom is 0.164 e. The number of rotatable bonds is 6. The molecule has 0 saturated carbocycles.